The van der Waals surface area contributed by atoms with Gasteiger partial charge in [-0.3, -0.25) is 0 Å². The third kappa shape index (κ3) is 3.02. The van der Waals surface area contributed by atoms with Crippen molar-refractivity contribution in [2.45, 2.75) is 72.6 Å². The number of carbonyl (C=O) groups is 1. The number of ether oxygens (including phenoxy) is 1. The van der Waals surface area contributed by atoms with E-state index in [1.165, 1.54) is 57.6 Å². The molecule has 2 heteroatoms. The number of hydrogen-bond donors (Lipinski definition) is 0. The Hall–Kier alpha value is -1.31. The van der Waals surface area contributed by atoms with E-state index in [1.54, 1.807) is 6.08 Å². The molecular weight excluding hydrogens is 344 g/mol. The van der Waals surface area contributed by atoms with Gasteiger partial charge in [-0.1, -0.05) is 57.1 Å². The lowest BCUT2D eigenvalue weighted by molar-refractivity contribution is -0.134. The molecule has 0 amide bonds. The van der Waals surface area contributed by atoms with Crippen LogP contribution in [0, 0.1) is 40.4 Å². The van der Waals surface area contributed by atoms with Crippen molar-refractivity contribution in [3.05, 3.63) is 35.5 Å². The number of esters is 1. The van der Waals surface area contributed by atoms with Crippen LogP contribution in [0.3, 0.4) is 0 Å². The third-order valence-electron chi connectivity index (χ3n) is 9.14. The van der Waals surface area contributed by atoms with Crippen LogP contribution >= 0.6 is 0 Å². The lowest BCUT2D eigenvalue weighted by atomic mass is 9.48. The highest BCUT2D eigenvalue weighted by Gasteiger charge is 2.55. The zero-order valence-electron chi connectivity index (χ0n) is 18.5. The molecular formula is C26H38O2. The molecule has 0 heterocycles. The van der Waals surface area contributed by atoms with E-state index in [0.717, 1.165) is 23.7 Å². The summed E-state index contributed by atoms with van der Waals surface area (Å²) in [7, 11) is 1.44. The predicted octanol–water partition coefficient (Wildman–Crippen LogP) is 6.49. The molecule has 4 aliphatic rings. The standard InChI is InChI=1S/C26H38O2/c1-17-12-14-25(3)19(16-17)7-8-20-22-10-9-21(18(2)6-11-24(27)28-5)26(22,4)15-13-23(20)25/h6,9,11,13,17-20,22H,7-8,10,12,14-16H2,1-5H3/b11-6+/t17-,18-,19-,20?,22?,25+,26-/m1/s1. The van der Waals surface area contributed by atoms with Gasteiger partial charge in [0.25, 0.3) is 0 Å². The summed E-state index contributed by atoms with van der Waals surface area (Å²) >= 11 is 0. The number of hydrogen-bond acceptors (Lipinski definition) is 2. The van der Waals surface area contributed by atoms with Gasteiger partial charge >= 0.3 is 5.97 Å². The van der Waals surface area contributed by atoms with Crippen molar-refractivity contribution in [1.29, 1.82) is 0 Å². The Morgan fingerprint density at radius 2 is 2.00 bits per heavy atom. The summed E-state index contributed by atoms with van der Waals surface area (Å²) in [4.78, 5) is 11.5. The smallest absolute Gasteiger partial charge is 0.330 e. The molecule has 4 rings (SSSR count). The van der Waals surface area contributed by atoms with Gasteiger partial charge in [0.2, 0.25) is 0 Å². The van der Waals surface area contributed by atoms with Gasteiger partial charge < -0.3 is 4.74 Å². The van der Waals surface area contributed by atoms with E-state index in [4.69, 9.17) is 4.74 Å². The van der Waals surface area contributed by atoms with Crippen molar-refractivity contribution in [2.75, 3.05) is 7.11 Å². The van der Waals surface area contributed by atoms with E-state index in [0.29, 0.717) is 11.3 Å². The number of allylic oxidation sites excluding steroid dienone is 5. The fourth-order valence-corrected chi connectivity index (χ4v) is 7.45. The van der Waals surface area contributed by atoms with Gasteiger partial charge in [-0.25, -0.2) is 4.79 Å². The maximum absolute atomic E-state index is 11.5. The molecule has 2 fully saturated rings. The van der Waals surface area contributed by atoms with Gasteiger partial charge in [0, 0.05) is 6.08 Å². The van der Waals surface area contributed by atoms with Gasteiger partial charge in [-0.05, 0) is 85.4 Å². The normalized spacial score (nSPS) is 43.5. The van der Waals surface area contributed by atoms with Crippen molar-refractivity contribution < 1.29 is 9.53 Å². The minimum Gasteiger partial charge on any atom is -0.466 e. The molecule has 0 bridgehead atoms. The molecule has 0 aromatic carbocycles. The van der Waals surface area contributed by atoms with Crippen LogP contribution in [0.1, 0.15) is 72.6 Å². The molecule has 28 heavy (non-hydrogen) atoms. The first kappa shape index (κ1) is 20.0. The molecule has 2 unspecified atom stereocenters. The second kappa shape index (κ2) is 7.18. The zero-order chi connectivity index (χ0) is 20.1. The topological polar surface area (TPSA) is 26.3 Å². The third-order valence-corrected chi connectivity index (χ3v) is 9.14. The SMILES string of the molecule is COC(=O)/C=C/[C@@H](C)C1=CCC2C3CC[C@@H]4C[C@H](C)CC[C@]4(C)C3=CC[C@]12C. The van der Waals surface area contributed by atoms with Gasteiger partial charge in [0.1, 0.15) is 0 Å². The van der Waals surface area contributed by atoms with Crippen molar-refractivity contribution in [3.63, 3.8) is 0 Å². The average Bonchev–Trinajstić information content (AvgIpc) is 3.03. The summed E-state index contributed by atoms with van der Waals surface area (Å²) < 4.78 is 4.78. The highest BCUT2D eigenvalue weighted by atomic mass is 16.5. The molecule has 0 N–H and O–H groups in total. The quantitative estimate of drug-likeness (QED) is 0.317. The summed E-state index contributed by atoms with van der Waals surface area (Å²) in [5.41, 5.74) is 4.07. The van der Waals surface area contributed by atoms with Crippen LogP contribution in [0.25, 0.3) is 0 Å². The van der Waals surface area contributed by atoms with E-state index in [2.05, 4.69) is 39.8 Å². The molecule has 0 radical (unpaired) electrons. The molecule has 0 aromatic rings. The fraction of sp³-hybridized carbons (Fsp3) is 0.731. The second-order valence-electron chi connectivity index (χ2n) is 10.6. The molecule has 0 saturated heterocycles. The van der Waals surface area contributed by atoms with Gasteiger partial charge in [-0.2, -0.15) is 0 Å². The number of fused-ring (bicyclic) bond motifs is 5. The number of methoxy groups -OCH3 is 1. The first-order chi connectivity index (χ1) is 13.3. The monoisotopic (exact) mass is 382 g/mol. The fourth-order valence-electron chi connectivity index (χ4n) is 7.45. The molecule has 0 aliphatic heterocycles. The first-order valence-corrected chi connectivity index (χ1v) is 11.5. The van der Waals surface area contributed by atoms with Crippen LogP contribution in [0.4, 0.5) is 0 Å². The Bertz CT molecular complexity index is 729. The van der Waals surface area contributed by atoms with E-state index in [1.807, 2.05) is 11.6 Å². The summed E-state index contributed by atoms with van der Waals surface area (Å²) in [5, 5.41) is 0. The van der Waals surface area contributed by atoms with Crippen LogP contribution in [0.2, 0.25) is 0 Å². The molecule has 0 aromatic heterocycles. The van der Waals surface area contributed by atoms with E-state index in [-0.39, 0.29) is 11.4 Å². The van der Waals surface area contributed by atoms with Crippen LogP contribution < -0.4 is 0 Å². The Balaban J connectivity index is 1.58. The molecule has 4 aliphatic carbocycles. The highest BCUT2D eigenvalue weighted by molar-refractivity contribution is 5.81. The van der Waals surface area contributed by atoms with E-state index < -0.39 is 0 Å². The minimum atomic E-state index is -0.254. The maximum atomic E-state index is 11.5. The Morgan fingerprint density at radius 1 is 1.21 bits per heavy atom. The van der Waals surface area contributed by atoms with Gasteiger partial charge in [0.15, 0.2) is 0 Å². The minimum absolute atomic E-state index is 0.249. The number of rotatable bonds is 3. The first-order valence-electron chi connectivity index (χ1n) is 11.5. The molecule has 7 atom stereocenters. The van der Waals surface area contributed by atoms with Crippen molar-refractivity contribution >= 4 is 5.97 Å². The van der Waals surface area contributed by atoms with Crippen molar-refractivity contribution in [2.24, 2.45) is 40.4 Å². The summed E-state index contributed by atoms with van der Waals surface area (Å²) in [6.45, 7) is 9.77. The summed E-state index contributed by atoms with van der Waals surface area (Å²) in [6.07, 6.45) is 18.2. The Labute approximate surface area is 171 Å². The number of carbonyl (C=O) groups excluding carboxylic acids is 1. The Kier molecular flexibility index (Phi) is 5.13. The summed E-state index contributed by atoms with van der Waals surface area (Å²) in [6, 6.07) is 0. The lowest BCUT2D eigenvalue weighted by Crippen LogP contribution is -2.47. The maximum Gasteiger partial charge on any atom is 0.330 e. The molecule has 2 nitrogen and oxygen atoms in total. The molecule has 0 spiro atoms. The van der Waals surface area contributed by atoms with E-state index >= 15 is 0 Å². The highest BCUT2D eigenvalue weighted by Crippen LogP contribution is 2.65. The van der Waals surface area contributed by atoms with Crippen LogP contribution in [-0.2, 0) is 9.53 Å². The largest absolute Gasteiger partial charge is 0.466 e. The van der Waals surface area contributed by atoms with Crippen molar-refractivity contribution in [1.82, 2.24) is 0 Å². The van der Waals surface area contributed by atoms with Gasteiger partial charge in [0.05, 0.1) is 7.11 Å². The summed E-state index contributed by atoms with van der Waals surface area (Å²) in [5.74, 6) is 3.36. The molecule has 154 valence electrons. The predicted molar refractivity (Wildman–Crippen MR) is 115 cm³/mol. The second-order valence-corrected chi connectivity index (χ2v) is 10.6. The van der Waals surface area contributed by atoms with E-state index in [9.17, 15) is 4.79 Å². The Morgan fingerprint density at radius 3 is 2.75 bits per heavy atom. The van der Waals surface area contributed by atoms with Crippen LogP contribution in [0.5, 0.6) is 0 Å². The molecule has 2 saturated carbocycles. The van der Waals surface area contributed by atoms with Crippen LogP contribution in [0.15, 0.2) is 35.5 Å². The zero-order valence-corrected chi connectivity index (χ0v) is 18.5. The van der Waals surface area contributed by atoms with Crippen molar-refractivity contribution in [3.8, 4) is 0 Å². The van der Waals surface area contributed by atoms with Crippen LogP contribution in [-0.4, -0.2) is 13.1 Å². The average molecular weight is 383 g/mol. The van der Waals surface area contributed by atoms with Gasteiger partial charge in [-0.15, -0.1) is 0 Å². The lowest BCUT2D eigenvalue weighted by Gasteiger charge is -2.57.